The monoisotopic (exact) mass is 188 g/mol. The van der Waals surface area contributed by atoms with E-state index in [0.717, 1.165) is 16.6 Å². The third kappa shape index (κ3) is 1.31. The second kappa shape index (κ2) is 3.25. The molecule has 0 aliphatic carbocycles. The molecule has 3 nitrogen and oxygen atoms in total. The molecule has 0 N–H and O–H groups in total. The van der Waals surface area contributed by atoms with E-state index in [4.69, 9.17) is 0 Å². The zero-order valence-electron chi connectivity index (χ0n) is 8.32. The first-order chi connectivity index (χ1) is 6.72. The van der Waals surface area contributed by atoms with E-state index in [-0.39, 0.29) is 5.56 Å². The van der Waals surface area contributed by atoms with Gasteiger partial charge in [0.25, 0.3) is 5.56 Å². The molecule has 2 aromatic rings. The largest absolute Gasteiger partial charge is 0.308 e. The summed E-state index contributed by atoms with van der Waals surface area (Å²) in [6.07, 6.45) is 1.80. The molecular weight excluding hydrogens is 176 g/mol. The Morgan fingerprint density at radius 2 is 2.21 bits per heavy atom. The molecule has 0 radical (unpaired) electrons. The summed E-state index contributed by atoms with van der Waals surface area (Å²) in [6, 6.07) is 5.35. The molecule has 2 heterocycles. The van der Waals surface area contributed by atoms with E-state index in [9.17, 15) is 4.79 Å². The Kier molecular flexibility index (Phi) is 2.08. The van der Waals surface area contributed by atoms with Gasteiger partial charge in [0.15, 0.2) is 0 Å². The summed E-state index contributed by atoms with van der Waals surface area (Å²) in [6.45, 7) is 4.59. The van der Waals surface area contributed by atoms with Crippen molar-refractivity contribution < 1.29 is 0 Å². The van der Waals surface area contributed by atoms with E-state index in [2.05, 4.69) is 4.98 Å². The number of nitrogens with zero attached hydrogens (tertiary/aromatic N) is 2. The molecule has 0 aliphatic heterocycles. The van der Waals surface area contributed by atoms with Crippen molar-refractivity contribution in [3.05, 3.63) is 40.4 Å². The van der Waals surface area contributed by atoms with Gasteiger partial charge in [0.1, 0.15) is 0 Å². The van der Waals surface area contributed by atoms with Gasteiger partial charge in [-0.2, -0.15) is 0 Å². The van der Waals surface area contributed by atoms with Gasteiger partial charge < -0.3 is 4.57 Å². The Morgan fingerprint density at radius 3 is 2.93 bits per heavy atom. The normalized spacial score (nSPS) is 10.7. The SMILES string of the molecule is CCn1c(=O)ccc2cnc(C)cc21. The molecule has 0 saturated carbocycles. The molecule has 0 bridgehead atoms. The molecule has 3 heteroatoms. The van der Waals surface area contributed by atoms with Gasteiger partial charge in [-0.3, -0.25) is 9.78 Å². The lowest BCUT2D eigenvalue weighted by Gasteiger charge is -2.06. The number of rotatable bonds is 1. The van der Waals surface area contributed by atoms with E-state index < -0.39 is 0 Å². The molecule has 0 spiro atoms. The predicted molar refractivity (Wildman–Crippen MR) is 56.4 cm³/mol. The molecule has 0 aliphatic rings. The lowest BCUT2D eigenvalue weighted by molar-refractivity contribution is 0.759. The van der Waals surface area contributed by atoms with Crippen LogP contribution in [0.1, 0.15) is 12.6 Å². The van der Waals surface area contributed by atoms with Crippen LogP contribution in [0.25, 0.3) is 10.9 Å². The van der Waals surface area contributed by atoms with Gasteiger partial charge in [0, 0.05) is 29.9 Å². The first-order valence-corrected chi connectivity index (χ1v) is 4.68. The van der Waals surface area contributed by atoms with Crippen molar-refractivity contribution in [2.24, 2.45) is 0 Å². The van der Waals surface area contributed by atoms with Crippen LogP contribution in [0.3, 0.4) is 0 Å². The van der Waals surface area contributed by atoms with Crippen molar-refractivity contribution in [1.29, 1.82) is 0 Å². The van der Waals surface area contributed by atoms with E-state index in [0.29, 0.717) is 6.54 Å². The summed E-state index contributed by atoms with van der Waals surface area (Å²) in [4.78, 5) is 15.7. The summed E-state index contributed by atoms with van der Waals surface area (Å²) in [7, 11) is 0. The Labute approximate surface area is 82.0 Å². The lowest BCUT2D eigenvalue weighted by atomic mass is 10.2. The maximum atomic E-state index is 11.5. The minimum absolute atomic E-state index is 0.0469. The average molecular weight is 188 g/mol. The Bertz CT molecular complexity index is 528. The van der Waals surface area contributed by atoms with Crippen molar-refractivity contribution in [2.45, 2.75) is 20.4 Å². The summed E-state index contributed by atoms with van der Waals surface area (Å²) < 4.78 is 1.75. The van der Waals surface area contributed by atoms with Crippen LogP contribution in [0.2, 0.25) is 0 Å². The highest BCUT2D eigenvalue weighted by Gasteiger charge is 2.01. The van der Waals surface area contributed by atoms with E-state index in [1.807, 2.05) is 26.0 Å². The maximum Gasteiger partial charge on any atom is 0.251 e. The molecule has 2 aromatic heterocycles. The molecular formula is C11H12N2O. The number of hydrogen-bond donors (Lipinski definition) is 0. The summed E-state index contributed by atoms with van der Waals surface area (Å²) in [5.74, 6) is 0. The minimum atomic E-state index is 0.0469. The highest BCUT2D eigenvalue weighted by Crippen LogP contribution is 2.11. The molecule has 0 atom stereocenters. The molecule has 0 aromatic carbocycles. The van der Waals surface area contributed by atoms with Gasteiger partial charge in [0.2, 0.25) is 0 Å². The minimum Gasteiger partial charge on any atom is -0.308 e. The van der Waals surface area contributed by atoms with Gasteiger partial charge in [0.05, 0.1) is 5.52 Å². The number of aromatic nitrogens is 2. The average Bonchev–Trinajstić information content (AvgIpc) is 2.17. The number of aryl methyl sites for hydroxylation is 2. The number of fused-ring (bicyclic) bond motifs is 1. The van der Waals surface area contributed by atoms with Crippen molar-refractivity contribution in [1.82, 2.24) is 9.55 Å². The molecule has 14 heavy (non-hydrogen) atoms. The van der Waals surface area contributed by atoms with Crippen LogP contribution >= 0.6 is 0 Å². The number of pyridine rings is 2. The van der Waals surface area contributed by atoms with Gasteiger partial charge in [-0.15, -0.1) is 0 Å². The predicted octanol–water partition coefficient (Wildman–Crippen LogP) is 1.72. The lowest BCUT2D eigenvalue weighted by Crippen LogP contribution is -2.18. The fourth-order valence-electron chi connectivity index (χ4n) is 1.61. The third-order valence-corrected chi connectivity index (χ3v) is 2.33. The topological polar surface area (TPSA) is 34.9 Å². The van der Waals surface area contributed by atoms with Crippen LogP contribution in [0.5, 0.6) is 0 Å². The first-order valence-electron chi connectivity index (χ1n) is 4.68. The standard InChI is InChI=1S/C11H12N2O/c1-3-13-10-6-8(2)12-7-9(10)4-5-11(13)14/h4-7H,3H2,1-2H3. The molecule has 0 fully saturated rings. The molecule has 2 rings (SSSR count). The van der Waals surface area contributed by atoms with Crippen LogP contribution in [0.4, 0.5) is 0 Å². The van der Waals surface area contributed by atoms with Crippen molar-refractivity contribution >= 4 is 10.9 Å². The van der Waals surface area contributed by atoms with Gasteiger partial charge >= 0.3 is 0 Å². The highest BCUT2D eigenvalue weighted by molar-refractivity contribution is 5.78. The maximum absolute atomic E-state index is 11.5. The summed E-state index contributed by atoms with van der Waals surface area (Å²) >= 11 is 0. The van der Waals surface area contributed by atoms with Gasteiger partial charge in [-0.05, 0) is 26.0 Å². The van der Waals surface area contributed by atoms with E-state index in [1.54, 1.807) is 16.8 Å². The van der Waals surface area contributed by atoms with E-state index in [1.165, 1.54) is 0 Å². The Hall–Kier alpha value is -1.64. The molecule has 0 saturated heterocycles. The van der Waals surface area contributed by atoms with E-state index >= 15 is 0 Å². The third-order valence-electron chi connectivity index (χ3n) is 2.33. The smallest absolute Gasteiger partial charge is 0.251 e. The van der Waals surface area contributed by atoms with Crippen molar-refractivity contribution in [3.8, 4) is 0 Å². The molecule has 0 unspecified atom stereocenters. The zero-order valence-corrected chi connectivity index (χ0v) is 8.32. The Morgan fingerprint density at radius 1 is 1.43 bits per heavy atom. The summed E-state index contributed by atoms with van der Waals surface area (Å²) in [5.41, 5.74) is 1.95. The van der Waals surface area contributed by atoms with Gasteiger partial charge in [-0.25, -0.2) is 0 Å². The van der Waals surface area contributed by atoms with Crippen LogP contribution in [0, 0.1) is 6.92 Å². The first kappa shape index (κ1) is 8.94. The van der Waals surface area contributed by atoms with Crippen LogP contribution in [0.15, 0.2) is 29.2 Å². The quantitative estimate of drug-likeness (QED) is 0.683. The fourth-order valence-corrected chi connectivity index (χ4v) is 1.61. The van der Waals surface area contributed by atoms with Crippen LogP contribution in [-0.2, 0) is 6.54 Å². The van der Waals surface area contributed by atoms with Crippen LogP contribution < -0.4 is 5.56 Å². The second-order valence-electron chi connectivity index (χ2n) is 3.30. The molecule has 72 valence electrons. The second-order valence-corrected chi connectivity index (χ2v) is 3.30. The summed E-state index contributed by atoms with van der Waals surface area (Å²) in [5, 5.41) is 1.01. The van der Waals surface area contributed by atoms with Crippen molar-refractivity contribution in [3.63, 3.8) is 0 Å². The fraction of sp³-hybridized carbons (Fsp3) is 0.273. The van der Waals surface area contributed by atoms with Gasteiger partial charge in [-0.1, -0.05) is 0 Å². The zero-order chi connectivity index (χ0) is 10.1. The van der Waals surface area contributed by atoms with Crippen molar-refractivity contribution in [2.75, 3.05) is 0 Å². The van der Waals surface area contributed by atoms with Crippen LogP contribution in [-0.4, -0.2) is 9.55 Å². The number of hydrogen-bond acceptors (Lipinski definition) is 2. The Balaban J connectivity index is 2.91. The highest BCUT2D eigenvalue weighted by atomic mass is 16.1. The molecule has 0 amide bonds.